The lowest BCUT2D eigenvalue weighted by Crippen LogP contribution is -2.11. The summed E-state index contributed by atoms with van der Waals surface area (Å²) in [6.45, 7) is 4.87. The van der Waals surface area contributed by atoms with Crippen LogP contribution in [0.1, 0.15) is 89.9 Å². The number of unbranched alkanes of at least 4 members (excludes halogenated alkanes) is 9. The van der Waals surface area contributed by atoms with Crippen molar-refractivity contribution in [2.24, 2.45) is 0 Å². The Morgan fingerprint density at radius 1 is 0.867 bits per heavy atom. The van der Waals surface area contributed by atoms with Gasteiger partial charge in [-0.05, 0) is 51.4 Å². The maximum atomic E-state index is 11.7. The molecule has 0 amide bonds. The van der Waals surface area contributed by atoms with Crippen molar-refractivity contribution in [3.05, 3.63) is 36.5 Å². The molecule has 30 heavy (non-hydrogen) atoms. The molecule has 5 nitrogen and oxygen atoms in total. The molecule has 0 bridgehead atoms. The van der Waals surface area contributed by atoms with Crippen molar-refractivity contribution in [1.29, 1.82) is 0 Å². The van der Waals surface area contributed by atoms with E-state index in [9.17, 15) is 9.59 Å². The minimum Gasteiger partial charge on any atom is -0.481 e. The van der Waals surface area contributed by atoms with Crippen LogP contribution in [-0.2, 0) is 19.1 Å². The van der Waals surface area contributed by atoms with Gasteiger partial charge in [0.1, 0.15) is 12.7 Å². The third-order valence-corrected chi connectivity index (χ3v) is 5.06. The van der Waals surface area contributed by atoms with Crippen molar-refractivity contribution in [1.82, 2.24) is 0 Å². The molecule has 1 aliphatic rings. The number of rotatable bonds is 20. The van der Waals surface area contributed by atoms with Crippen molar-refractivity contribution in [2.75, 3.05) is 13.2 Å². The van der Waals surface area contributed by atoms with Gasteiger partial charge in [0.15, 0.2) is 0 Å². The Bertz CT molecular complexity index is 546. The normalized spacial score (nSPS) is 15.7. The minimum absolute atomic E-state index is 0.110. The van der Waals surface area contributed by atoms with Gasteiger partial charge in [-0.15, -0.1) is 0 Å². The summed E-state index contributed by atoms with van der Waals surface area (Å²) in [5.74, 6) is -0.969. The first kappa shape index (κ1) is 26.2. The molecule has 0 saturated carbocycles. The molecule has 0 spiro atoms. The highest BCUT2D eigenvalue weighted by Crippen LogP contribution is 2.14. The van der Waals surface area contributed by atoms with Crippen LogP contribution in [0, 0.1) is 0 Å². The fourth-order valence-corrected chi connectivity index (χ4v) is 3.07. The Morgan fingerprint density at radius 3 is 1.97 bits per heavy atom. The van der Waals surface area contributed by atoms with Gasteiger partial charge < -0.3 is 14.6 Å². The number of hydrogen-bond acceptors (Lipinski definition) is 4. The van der Waals surface area contributed by atoms with E-state index >= 15 is 0 Å². The van der Waals surface area contributed by atoms with E-state index < -0.39 is 5.97 Å². The van der Waals surface area contributed by atoms with Gasteiger partial charge in [-0.25, -0.2) is 4.79 Å². The standard InChI is InChI=1S/C25H40O5/c1-22(25(28)30-21-23-20-29-23)18-16-14-12-10-8-6-4-2-3-5-7-9-11-13-15-17-19-24(26)27/h3-6,23H,1-2,7-21H2,(H,26,27). The number of epoxide rings is 1. The zero-order valence-electron chi connectivity index (χ0n) is 18.5. The molecular formula is C25H40O5. The van der Waals surface area contributed by atoms with Crippen LogP contribution in [0.15, 0.2) is 36.5 Å². The molecule has 1 atom stereocenters. The Morgan fingerprint density at radius 2 is 1.40 bits per heavy atom. The summed E-state index contributed by atoms with van der Waals surface area (Å²) in [5, 5.41) is 8.57. The molecule has 0 radical (unpaired) electrons. The molecule has 1 aliphatic heterocycles. The highest BCUT2D eigenvalue weighted by Gasteiger charge is 2.24. The van der Waals surface area contributed by atoms with Crippen molar-refractivity contribution >= 4 is 11.9 Å². The summed E-state index contributed by atoms with van der Waals surface area (Å²) in [5.41, 5.74) is 0.570. The average Bonchev–Trinajstić information content (AvgIpc) is 3.55. The monoisotopic (exact) mass is 420 g/mol. The molecule has 5 heteroatoms. The van der Waals surface area contributed by atoms with Gasteiger partial charge in [-0.1, -0.05) is 63.0 Å². The lowest BCUT2D eigenvalue weighted by Gasteiger charge is -2.05. The van der Waals surface area contributed by atoms with Gasteiger partial charge in [-0.3, -0.25) is 4.79 Å². The minimum atomic E-state index is -0.688. The average molecular weight is 421 g/mol. The molecule has 1 fully saturated rings. The first-order chi connectivity index (χ1) is 14.6. The Hall–Kier alpha value is -1.88. The summed E-state index contributed by atoms with van der Waals surface area (Å²) in [6.07, 6.45) is 23.1. The summed E-state index contributed by atoms with van der Waals surface area (Å²) >= 11 is 0. The van der Waals surface area contributed by atoms with E-state index in [1.165, 1.54) is 25.7 Å². The molecule has 1 N–H and O–H groups in total. The van der Waals surface area contributed by atoms with E-state index in [4.69, 9.17) is 14.6 Å². The largest absolute Gasteiger partial charge is 0.481 e. The topological polar surface area (TPSA) is 76.1 Å². The van der Waals surface area contributed by atoms with Crippen LogP contribution in [0.2, 0.25) is 0 Å². The summed E-state index contributed by atoms with van der Waals surface area (Å²) in [7, 11) is 0. The second-order valence-corrected chi connectivity index (χ2v) is 7.99. The molecule has 0 aromatic rings. The molecule has 170 valence electrons. The first-order valence-corrected chi connectivity index (χ1v) is 11.6. The highest BCUT2D eigenvalue weighted by atomic mass is 16.6. The molecule has 1 unspecified atom stereocenters. The predicted molar refractivity (Wildman–Crippen MR) is 120 cm³/mol. The van der Waals surface area contributed by atoms with E-state index in [0.29, 0.717) is 31.6 Å². The maximum Gasteiger partial charge on any atom is 0.333 e. The molecule has 1 rings (SSSR count). The molecule has 0 aromatic heterocycles. The number of ether oxygens (including phenoxy) is 2. The van der Waals surface area contributed by atoms with E-state index in [2.05, 4.69) is 30.9 Å². The zero-order valence-corrected chi connectivity index (χ0v) is 18.5. The van der Waals surface area contributed by atoms with Gasteiger partial charge in [0, 0.05) is 12.0 Å². The van der Waals surface area contributed by atoms with E-state index in [1.54, 1.807) is 0 Å². The number of carbonyl (C=O) groups excluding carboxylic acids is 1. The molecule has 0 aromatic carbocycles. The number of aliphatic carboxylic acids is 1. The van der Waals surface area contributed by atoms with Crippen LogP contribution >= 0.6 is 0 Å². The number of carbonyl (C=O) groups is 2. The van der Waals surface area contributed by atoms with Crippen molar-refractivity contribution in [3.8, 4) is 0 Å². The quantitative estimate of drug-likeness (QED) is 0.0841. The van der Waals surface area contributed by atoms with Crippen molar-refractivity contribution in [3.63, 3.8) is 0 Å². The van der Waals surface area contributed by atoms with Gasteiger partial charge in [0.05, 0.1) is 6.61 Å². The molecular weight excluding hydrogens is 380 g/mol. The lowest BCUT2D eigenvalue weighted by atomic mass is 10.1. The Balaban J connectivity index is 1.81. The van der Waals surface area contributed by atoms with Gasteiger partial charge in [0.25, 0.3) is 0 Å². The number of esters is 1. The summed E-state index contributed by atoms with van der Waals surface area (Å²) in [6, 6.07) is 0. The van der Waals surface area contributed by atoms with E-state index in [0.717, 1.165) is 51.4 Å². The van der Waals surface area contributed by atoms with Gasteiger partial charge in [0.2, 0.25) is 0 Å². The Kier molecular flexibility index (Phi) is 15.6. The fraction of sp³-hybridized carbons (Fsp3) is 0.680. The highest BCUT2D eigenvalue weighted by molar-refractivity contribution is 5.87. The molecule has 0 aliphatic carbocycles. The lowest BCUT2D eigenvalue weighted by molar-refractivity contribution is -0.140. The third-order valence-electron chi connectivity index (χ3n) is 5.06. The molecule has 1 saturated heterocycles. The zero-order chi connectivity index (χ0) is 21.9. The second-order valence-electron chi connectivity index (χ2n) is 7.99. The SMILES string of the molecule is C=C(CCCCCCC=CCC=CCCCCCCCC(=O)O)C(=O)OCC1CO1. The van der Waals surface area contributed by atoms with Crippen LogP contribution in [0.25, 0.3) is 0 Å². The Labute approximate surface area is 182 Å². The predicted octanol–water partition coefficient (Wildman–Crippen LogP) is 6.14. The van der Waals surface area contributed by atoms with Crippen LogP contribution in [-0.4, -0.2) is 36.4 Å². The third kappa shape index (κ3) is 17.0. The smallest absolute Gasteiger partial charge is 0.333 e. The number of hydrogen-bond donors (Lipinski definition) is 1. The van der Waals surface area contributed by atoms with Crippen molar-refractivity contribution in [2.45, 2.75) is 96.0 Å². The second kappa shape index (κ2) is 17.9. The van der Waals surface area contributed by atoms with Crippen LogP contribution < -0.4 is 0 Å². The number of carboxylic acid groups (broad SMARTS) is 1. The van der Waals surface area contributed by atoms with Gasteiger partial charge >= 0.3 is 11.9 Å². The van der Waals surface area contributed by atoms with Crippen molar-refractivity contribution < 1.29 is 24.2 Å². The number of allylic oxidation sites excluding steroid dienone is 4. The van der Waals surface area contributed by atoms with Crippen LogP contribution in [0.5, 0.6) is 0 Å². The first-order valence-electron chi connectivity index (χ1n) is 11.6. The molecule has 1 heterocycles. The summed E-state index contributed by atoms with van der Waals surface area (Å²) in [4.78, 5) is 22.1. The van der Waals surface area contributed by atoms with Crippen LogP contribution in [0.4, 0.5) is 0 Å². The summed E-state index contributed by atoms with van der Waals surface area (Å²) < 4.78 is 10.1. The van der Waals surface area contributed by atoms with E-state index in [1.807, 2.05) is 0 Å². The van der Waals surface area contributed by atoms with Gasteiger partial charge in [-0.2, -0.15) is 0 Å². The fourth-order valence-electron chi connectivity index (χ4n) is 3.07. The maximum absolute atomic E-state index is 11.7. The van der Waals surface area contributed by atoms with Crippen LogP contribution in [0.3, 0.4) is 0 Å². The number of carboxylic acids is 1. The van der Waals surface area contributed by atoms with E-state index in [-0.39, 0.29) is 12.1 Å².